The van der Waals surface area contributed by atoms with Crippen molar-refractivity contribution in [3.05, 3.63) is 59.7 Å². The van der Waals surface area contributed by atoms with E-state index in [9.17, 15) is 4.79 Å². The predicted octanol–water partition coefficient (Wildman–Crippen LogP) is 2.16. The number of amides is 1. The molecule has 3 rings (SSSR count). The summed E-state index contributed by atoms with van der Waals surface area (Å²) in [6.45, 7) is 2.17. The molecule has 1 heterocycles. The number of hydrogen-bond acceptors (Lipinski definition) is 3. The Morgan fingerprint density at radius 3 is 2.37 bits per heavy atom. The summed E-state index contributed by atoms with van der Waals surface area (Å²) in [6, 6.07) is 14.5. The van der Waals surface area contributed by atoms with Crippen LogP contribution in [-0.4, -0.2) is 42.9 Å². The van der Waals surface area contributed by atoms with Crippen molar-refractivity contribution in [2.75, 3.05) is 30.8 Å². The van der Waals surface area contributed by atoms with Gasteiger partial charge in [-0.15, -0.1) is 0 Å². The molecule has 0 bridgehead atoms. The molecule has 1 aliphatic rings. The lowest BCUT2D eigenvalue weighted by atomic mass is 10.1. The number of hydrogen-bond donors (Lipinski definition) is 3. The van der Waals surface area contributed by atoms with Gasteiger partial charge < -0.3 is 27.0 Å². The Labute approximate surface area is 177 Å². The largest absolute Gasteiger partial charge is 0.397 e. The Morgan fingerprint density at radius 1 is 1.03 bits per heavy atom. The number of guanidine groups is 2. The van der Waals surface area contributed by atoms with Gasteiger partial charge in [-0.25, -0.2) is 4.99 Å². The summed E-state index contributed by atoms with van der Waals surface area (Å²) < 4.78 is 0. The van der Waals surface area contributed by atoms with Gasteiger partial charge in [0.1, 0.15) is 0 Å². The van der Waals surface area contributed by atoms with Gasteiger partial charge in [0.25, 0.3) is 5.91 Å². The van der Waals surface area contributed by atoms with Crippen molar-refractivity contribution >= 4 is 29.2 Å². The number of nitrogens with zero attached hydrogens (tertiary/aromatic N) is 4. The van der Waals surface area contributed by atoms with E-state index in [1.807, 2.05) is 35.2 Å². The van der Waals surface area contributed by atoms with E-state index in [4.69, 9.17) is 17.2 Å². The van der Waals surface area contributed by atoms with Crippen LogP contribution in [0.3, 0.4) is 0 Å². The topological polar surface area (TPSA) is 126 Å². The number of benzene rings is 2. The highest BCUT2D eigenvalue weighted by Crippen LogP contribution is 2.23. The fourth-order valence-electron chi connectivity index (χ4n) is 3.37. The van der Waals surface area contributed by atoms with Gasteiger partial charge in [0.15, 0.2) is 5.96 Å². The Balaban J connectivity index is 1.62. The molecule has 8 nitrogen and oxygen atoms in total. The van der Waals surface area contributed by atoms with Crippen LogP contribution in [0, 0.1) is 0 Å². The number of nitrogens with two attached hydrogens (primary N) is 3. The summed E-state index contributed by atoms with van der Waals surface area (Å²) in [5.41, 5.74) is 20.6. The first-order valence-electron chi connectivity index (χ1n) is 10.1. The van der Waals surface area contributed by atoms with Crippen LogP contribution < -0.4 is 22.1 Å². The Hall–Kier alpha value is -3.55. The minimum atomic E-state index is -0.138. The number of piperidine rings is 1. The van der Waals surface area contributed by atoms with E-state index in [0.717, 1.165) is 31.5 Å². The number of carbonyl (C=O) groups is 1. The number of anilines is 2. The number of nitrogen functional groups attached to an aromatic ring is 1. The second-order valence-electron chi connectivity index (χ2n) is 7.31. The Kier molecular flexibility index (Phi) is 6.90. The van der Waals surface area contributed by atoms with Gasteiger partial charge in [-0.2, -0.15) is 4.99 Å². The molecule has 8 heteroatoms. The Bertz CT molecular complexity index is 931. The molecule has 1 amide bonds. The molecular weight excluding hydrogens is 378 g/mol. The number of likely N-dealkylation sites (tertiary alicyclic amines) is 1. The van der Waals surface area contributed by atoms with Gasteiger partial charge in [-0.3, -0.25) is 4.79 Å². The summed E-state index contributed by atoms with van der Waals surface area (Å²) in [7, 11) is 1.71. The van der Waals surface area contributed by atoms with Crippen LogP contribution in [0.2, 0.25) is 0 Å². The van der Waals surface area contributed by atoms with Crippen molar-refractivity contribution in [1.82, 2.24) is 4.90 Å². The first-order valence-corrected chi connectivity index (χ1v) is 10.1. The lowest BCUT2D eigenvalue weighted by Gasteiger charge is -2.27. The van der Waals surface area contributed by atoms with E-state index in [1.165, 1.54) is 6.42 Å². The summed E-state index contributed by atoms with van der Waals surface area (Å²) in [5.74, 6) is 0.430. The number of carbonyl (C=O) groups excluding carboxylic acids is 1. The first kappa shape index (κ1) is 21.2. The molecule has 0 radical (unpaired) electrons. The smallest absolute Gasteiger partial charge is 0.258 e. The minimum Gasteiger partial charge on any atom is -0.397 e. The Morgan fingerprint density at radius 2 is 1.70 bits per heavy atom. The molecule has 30 heavy (non-hydrogen) atoms. The van der Waals surface area contributed by atoms with Gasteiger partial charge >= 0.3 is 0 Å². The normalized spacial score (nSPS) is 15.2. The number of rotatable bonds is 4. The van der Waals surface area contributed by atoms with Gasteiger partial charge in [0.05, 0.1) is 17.9 Å². The van der Waals surface area contributed by atoms with E-state index in [0.29, 0.717) is 29.4 Å². The summed E-state index contributed by atoms with van der Waals surface area (Å²) in [4.78, 5) is 24.8. The molecule has 158 valence electrons. The monoisotopic (exact) mass is 407 g/mol. The maximum absolute atomic E-state index is 12.7. The average molecular weight is 408 g/mol. The summed E-state index contributed by atoms with van der Waals surface area (Å²) in [6.07, 6.45) is 3.45. The van der Waals surface area contributed by atoms with Crippen LogP contribution in [0.15, 0.2) is 58.5 Å². The van der Waals surface area contributed by atoms with Crippen molar-refractivity contribution in [3.8, 4) is 0 Å². The lowest BCUT2D eigenvalue weighted by molar-refractivity contribution is 0.0993. The number of aliphatic imine (C=N–C) groups is 2. The molecule has 0 saturated carbocycles. The third-order valence-electron chi connectivity index (χ3n) is 5.14. The van der Waals surface area contributed by atoms with E-state index in [-0.39, 0.29) is 11.9 Å². The van der Waals surface area contributed by atoms with Crippen LogP contribution in [-0.2, 0) is 6.54 Å². The fraction of sp³-hybridized carbons (Fsp3) is 0.318. The van der Waals surface area contributed by atoms with Crippen LogP contribution in [0.5, 0.6) is 0 Å². The third kappa shape index (κ3) is 5.28. The van der Waals surface area contributed by atoms with Gasteiger partial charge in [0, 0.05) is 25.7 Å². The summed E-state index contributed by atoms with van der Waals surface area (Å²) >= 11 is 0. The van der Waals surface area contributed by atoms with Gasteiger partial charge in [-0.1, -0.05) is 24.3 Å². The van der Waals surface area contributed by atoms with Crippen LogP contribution in [0.25, 0.3) is 0 Å². The molecule has 1 fully saturated rings. The average Bonchev–Trinajstić information content (AvgIpc) is 2.78. The maximum atomic E-state index is 12.7. The fourth-order valence-corrected chi connectivity index (χ4v) is 3.37. The quantitative estimate of drug-likeness (QED) is 0.407. The third-order valence-corrected chi connectivity index (χ3v) is 5.14. The van der Waals surface area contributed by atoms with Gasteiger partial charge in [-0.05, 0) is 49.1 Å². The first-order chi connectivity index (χ1) is 14.5. The molecule has 0 aliphatic carbocycles. The molecule has 2 aromatic rings. The molecular formula is C22H29N7O. The van der Waals surface area contributed by atoms with E-state index >= 15 is 0 Å². The molecule has 0 aromatic heterocycles. The second-order valence-corrected chi connectivity index (χ2v) is 7.31. The zero-order chi connectivity index (χ0) is 21.5. The zero-order valence-corrected chi connectivity index (χ0v) is 17.3. The highest BCUT2D eigenvalue weighted by Gasteiger charge is 2.15. The van der Waals surface area contributed by atoms with Crippen molar-refractivity contribution in [2.45, 2.75) is 25.8 Å². The molecule has 0 atom stereocenters. The van der Waals surface area contributed by atoms with Crippen LogP contribution in [0.4, 0.5) is 11.4 Å². The highest BCUT2D eigenvalue weighted by atomic mass is 16.2. The number of para-hydroxylation sites is 2. The van der Waals surface area contributed by atoms with Crippen molar-refractivity contribution in [1.29, 1.82) is 0 Å². The van der Waals surface area contributed by atoms with Crippen LogP contribution in [0.1, 0.15) is 35.2 Å². The molecule has 0 unspecified atom stereocenters. The van der Waals surface area contributed by atoms with E-state index in [1.54, 1.807) is 30.1 Å². The van der Waals surface area contributed by atoms with E-state index < -0.39 is 0 Å². The van der Waals surface area contributed by atoms with Crippen molar-refractivity contribution < 1.29 is 4.79 Å². The lowest BCUT2D eigenvalue weighted by Crippen LogP contribution is -2.41. The molecule has 0 spiro atoms. The van der Waals surface area contributed by atoms with Crippen molar-refractivity contribution in [2.24, 2.45) is 21.5 Å². The second kappa shape index (κ2) is 9.78. The molecule has 2 aromatic carbocycles. The highest BCUT2D eigenvalue weighted by molar-refractivity contribution is 6.07. The van der Waals surface area contributed by atoms with E-state index in [2.05, 4.69) is 9.98 Å². The SMILES string of the molecule is CN(C(=O)c1ccc(CN=C(N)N=C(N)N2CCCCC2)cc1)c1ccccc1N. The molecule has 1 aliphatic heterocycles. The minimum absolute atomic E-state index is 0.138. The van der Waals surface area contributed by atoms with Crippen LogP contribution >= 0.6 is 0 Å². The van der Waals surface area contributed by atoms with Gasteiger partial charge in [0.2, 0.25) is 5.96 Å². The summed E-state index contributed by atoms with van der Waals surface area (Å²) in [5, 5.41) is 0. The molecule has 6 N–H and O–H groups in total. The maximum Gasteiger partial charge on any atom is 0.258 e. The molecule has 1 saturated heterocycles. The standard InChI is InChI=1S/C22H29N7O/c1-28(19-8-4-3-7-18(19)23)20(30)17-11-9-16(10-12-17)15-26-21(24)27-22(25)29-13-5-2-6-14-29/h3-4,7-12H,2,5-6,13-15,23H2,1H3,(H4,24,25,26,27). The predicted molar refractivity (Wildman–Crippen MR) is 122 cm³/mol. The van der Waals surface area contributed by atoms with Crippen molar-refractivity contribution in [3.63, 3.8) is 0 Å². The zero-order valence-electron chi connectivity index (χ0n) is 17.3.